The van der Waals surface area contributed by atoms with E-state index in [1.807, 2.05) is 42.2 Å². The summed E-state index contributed by atoms with van der Waals surface area (Å²) in [5.74, 6) is 0.527. The summed E-state index contributed by atoms with van der Waals surface area (Å²) in [6.45, 7) is 3.62. The van der Waals surface area contributed by atoms with Crippen molar-refractivity contribution in [1.82, 2.24) is 5.32 Å². The van der Waals surface area contributed by atoms with Crippen molar-refractivity contribution in [3.8, 4) is 5.75 Å². The van der Waals surface area contributed by atoms with Crippen molar-refractivity contribution >= 4 is 17.5 Å². The zero-order valence-corrected chi connectivity index (χ0v) is 15.7. The second kappa shape index (κ2) is 9.21. The maximum atomic E-state index is 12.6. The molecule has 2 aromatic rings. The Morgan fingerprint density at radius 2 is 1.89 bits per heavy atom. The van der Waals surface area contributed by atoms with Gasteiger partial charge in [-0.1, -0.05) is 30.3 Å². The molecular formula is C22H26N2O3. The lowest BCUT2D eigenvalue weighted by atomic mass is 10.0. The molecule has 0 atom stereocenters. The number of nitrogens with one attached hydrogen (secondary N) is 1. The Morgan fingerprint density at radius 1 is 1.11 bits per heavy atom. The minimum absolute atomic E-state index is 0.117. The van der Waals surface area contributed by atoms with Gasteiger partial charge in [0.15, 0.2) is 0 Å². The van der Waals surface area contributed by atoms with Gasteiger partial charge < -0.3 is 15.0 Å². The number of rotatable bonds is 7. The van der Waals surface area contributed by atoms with E-state index in [0.717, 1.165) is 25.1 Å². The zero-order valence-electron chi connectivity index (χ0n) is 15.7. The Labute approximate surface area is 160 Å². The van der Waals surface area contributed by atoms with E-state index in [4.69, 9.17) is 4.74 Å². The van der Waals surface area contributed by atoms with Crippen LogP contribution >= 0.6 is 0 Å². The van der Waals surface area contributed by atoms with Crippen LogP contribution in [0.25, 0.3) is 0 Å². The average Bonchev–Trinajstić information content (AvgIpc) is 2.71. The smallest absolute Gasteiger partial charge is 0.255 e. The molecule has 1 heterocycles. The molecule has 0 bridgehead atoms. The van der Waals surface area contributed by atoms with Gasteiger partial charge in [-0.15, -0.1) is 0 Å². The molecule has 0 saturated carbocycles. The van der Waals surface area contributed by atoms with Gasteiger partial charge in [0, 0.05) is 25.2 Å². The second-order valence-electron chi connectivity index (χ2n) is 6.57. The molecular weight excluding hydrogens is 340 g/mol. The van der Waals surface area contributed by atoms with Gasteiger partial charge in [0.05, 0.1) is 12.2 Å². The topological polar surface area (TPSA) is 58.6 Å². The number of amides is 2. The first-order valence-corrected chi connectivity index (χ1v) is 9.59. The molecule has 5 heteroatoms. The van der Waals surface area contributed by atoms with Gasteiger partial charge in [0.1, 0.15) is 5.75 Å². The van der Waals surface area contributed by atoms with Crippen LogP contribution in [0.5, 0.6) is 5.75 Å². The molecule has 27 heavy (non-hydrogen) atoms. The normalized spacial score (nSPS) is 13.0. The summed E-state index contributed by atoms with van der Waals surface area (Å²) < 4.78 is 5.49. The molecule has 0 unspecified atom stereocenters. The summed E-state index contributed by atoms with van der Waals surface area (Å²) in [7, 11) is 0. The standard InChI is InChI=1S/C22H26N2O3/c1-2-27-20-13-6-4-11-18(20)22(26)23-15-7-14-21(25)24-16-8-10-17-9-3-5-12-19(17)24/h3-6,9,11-13H,2,7-8,10,14-16H2,1H3,(H,23,26). The first-order valence-electron chi connectivity index (χ1n) is 9.59. The fourth-order valence-electron chi connectivity index (χ4n) is 3.40. The molecule has 142 valence electrons. The van der Waals surface area contributed by atoms with Crippen molar-refractivity contribution in [2.75, 3.05) is 24.6 Å². The summed E-state index contributed by atoms with van der Waals surface area (Å²) in [6.07, 6.45) is 3.05. The van der Waals surface area contributed by atoms with E-state index in [1.54, 1.807) is 12.1 Å². The van der Waals surface area contributed by atoms with Crippen LogP contribution in [-0.2, 0) is 11.2 Å². The second-order valence-corrected chi connectivity index (χ2v) is 6.57. The number of nitrogens with zero attached hydrogens (tertiary/aromatic N) is 1. The molecule has 0 aromatic heterocycles. The monoisotopic (exact) mass is 366 g/mol. The van der Waals surface area contributed by atoms with Crippen molar-refractivity contribution < 1.29 is 14.3 Å². The molecule has 2 aromatic carbocycles. The summed E-state index contributed by atoms with van der Waals surface area (Å²) in [6, 6.07) is 15.3. The third-order valence-electron chi connectivity index (χ3n) is 4.70. The highest BCUT2D eigenvalue weighted by Gasteiger charge is 2.21. The highest BCUT2D eigenvalue weighted by molar-refractivity contribution is 5.97. The van der Waals surface area contributed by atoms with E-state index < -0.39 is 0 Å². The fourth-order valence-corrected chi connectivity index (χ4v) is 3.40. The van der Waals surface area contributed by atoms with Crippen LogP contribution < -0.4 is 15.0 Å². The number of para-hydroxylation sites is 2. The highest BCUT2D eigenvalue weighted by Crippen LogP contribution is 2.27. The predicted molar refractivity (Wildman–Crippen MR) is 106 cm³/mol. The van der Waals surface area contributed by atoms with Crippen molar-refractivity contribution in [3.05, 3.63) is 59.7 Å². The summed E-state index contributed by atoms with van der Waals surface area (Å²) >= 11 is 0. The van der Waals surface area contributed by atoms with Crippen molar-refractivity contribution in [1.29, 1.82) is 0 Å². The number of carbonyl (C=O) groups is 2. The molecule has 0 aliphatic carbocycles. The maximum Gasteiger partial charge on any atom is 0.255 e. The van der Waals surface area contributed by atoms with E-state index in [1.165, 1.54) is 5.56 Å². The summed E-state index contributed by atoms with van der Waals surface area (Å²) in [5, 5.41) is 2.89. The predicted octanol–water partition coefficient (Wildman–Crippen LogP) is 3.57. The first-order chi connectivity index (χ1) is 13.2. The molecule has 1 aliphatic rings. The Balaban J connectivity index is 1.50. The van der Waals surface area contributed by atoms with Crippen molar-refractivity contribution in [2.45, 2.75) is 32.6 Å². The zero-order chi connectivity index (χ0) is 19.1. The number of ether oxygens (including phenoxy) is 1. The van der Waals surface area contributed by atoms with E-state index in [0.29, 0.717) is 37.3 Å². The Kier molecular flexibility index (Phi) is 6.47. The molecule has 0 radical (unpaired) electrons. The average molecular weight is 366 g/mol. The van der Waals surface area contributed by atoms with E-state index in [9.17, 15) is 9.59 Å². The SMILES string of the molecule is CCOc1ccccc1C(=O)NCCCC(=O)N1CCCc2ccccc21. The van der Waals surface area contributed by atoms with E-state index in [-0.39, 0.29) is 11.8 Å². The van der Waals surface area contributed by atoms with Crippen LogP contribution in [-0.4, -0.2) is 31.5 Å². The Hall–Kier alpha value is -2.82. The van der Waals surface area contributed by atoms with Gasteiger partial charge in [-0.05, 0) is 49.9 Å². The Morgan fingerprint density at radius 3 is 2.74 bits per heavy atom. The van der Waals surface area contributed by atoms with Gasteiger partial charge >= 0.3 is 0 Å². The number of hydrogen-bond donors (Lipinski definition) is 1. The lowest BCUT2D eigenvalue weighted by Gasteiger charge is -2.29. The quantitative estimate of drug-likeness (QED) is 0.762. The molecule has 1 N–H and O–H groups in total. The molecule has 0 saturated heterocycles. The highest BCUT2D eigenvalue weighted by atomic mass is 16.5. The maximum absolute atomic E-state index is 12.6. The third kappa shape index (κ3) is 4.67. The fraction of sp³-hybridized carbons (Fsp3) is 0.364. The molecule has 0 fully saturated rings. The van der Waals surface area contributed by atoms with E-state index >= 15 is 0 Å². The van der Waals surface area contributed by atoms with E-state index in [2.05, 4.69) is 11.4 Å². The van der Waals surface area contributed by atoms with Crippen LogP contribution in [0, 0.1) is 0 Å². The number of fused-ring (bicyclic) bond motifs is 1. The minimum atomic E-state index is -0.171. The Bertz CT molecular complexity index is 804. The van der Waals surface area contributed by atoms with Crippen molar-refractivity contribution in [2.24, 2.45) is 0 Å². The lowest BCUT2D eigenvalue weighted by Crippen LogP contribution is -2.36. The number of anilines is 1. The van der Waals surface area contributed by atoms with Crippen LogP contribution in [0.4, 0.5) is 5.69 Å². The number of carbonyl (C=O) groups excluding carboxylic acids is 2. The van der Waals surface area contributed by atoms with Crippen LogP contribution in [0.3, 0.4) is 0 Å². The molecule has 0 spiro atoms. The van der Waals surface area contributed by atoms with Crippen LogP contribution in [0.15, 0.2) is 48.5 Å². The van der Waals surface area contributed by atoms with Gasteiger partial charge in [0.25, 0.3) is 5.91 Å². The number of hydrogen-bond acceptors (Lipinski definition) is 3. The molecule has 2 amide bonds. The summed E-state index contributed by atoms with van der Waals surface area (Å²) in [4.78, 5) is 26.9. The molecule has 1 aliphatic heterocycles. The van der Waals surface area contributed by atoms with Gasteiger partial charge in [-0.3, -0.25) is 9.59 Å². The minimum Gasteiger partial charge on any atom is -0.493 e. The van der Waals surface area contributed by atoms with Gasteiger partial charge in [0.2, 0.25) is 5.91 Å². The number of benzene rings is 2. The number of aryl methyl sites for hydroxylation is 1. The lowest BCUT2D eigenvalue weighted by molar-refractivity contribution is -0.118. The third-order valence-corrected chi connectivity index (χ3v) is 4.70. The van der Waals surface area contributed by atoms with Crippen molar-refractivity contribution in [3.63, 3.8) is 0 Å². The first kappa shape index (κ1) is 19.0. The van der Waals surface area contributed by atoms with Gasteiger partial charge in [-0.25, -0.2) is 0 Å². The molecule has 5 nitrogen and oxygen atoms in total. The van der Waals surface area contributed by atoms with Crippen LogP contribution in [0.2, 0.25) is 0 Å². The van der Waals surface area contributed by atoms with Crippen LogP contribution in [0.1, 0.15) is 42.1 Å². The molecule has 3 rings (SSSR count). The van der Waals surface area contributed by atoms with Gasteiger partial charge in [-0.2, -0.15) is 0 Å². The largest absolute Gasteiger partial charge is 0.493 e. The summed E-state index contributed by atoms with van der Waals surface area (Å²) in [5.41, 5.74) is 2.79.